The Balaban J connectivity index is 1.09. The third-order valence-corrected chi connectivity index (χ3v) is 6.72. The molecule has 34 heavy (non-hydrogen) atoms. The number of carbonyl (C=O) groups excluding carboxylic acids is 1. The van der Waals surface area contributed by atoms with Crippen molar-refractivity contribution >= 4 is 16.8 Å². The smallest absolute Gasteiger partial charge is 0.336 e. The fourth-order valence-corrected chi connectivity index (χ4v) is 4.84. The van der Waals surface area contributed by atoms with E-state index in [9.17, 15) is 14.0 Å². The van der Waals surface area contributed by atoms with Gasteiger partial charge in [-0.25, -0.2) is 9.18 Å². The zero-order valence-corrected chi connectivity index (χ0v) is 19.1. The minimum Gasteiger partial charge on any atom is -0.489 e. The van der Waals surface area contributed by atoms with Crippen LogP contribution in [0.5, 0.6) is 11.5 Å². The quantitative estimate of drug-likeness (QED) is 0.275. The maximum atomic E-state index is 13.1. The number of nitrogens with zero attached hydrogens (tertiary/aromatic N) is 1. The van der Waals surface area contributed by atoms with E-state index >= 15 is 0 Å². The molecule has 0 bridgehead atoms. The van der Waals surface area contributed by atoms with Crippen LogP contribution in [-0.4, -0.2) is 43.5 Å². The summed E-state index contributed by atoms with van der Waals surface area (Å²) in [6.45, 7) is 3.82. The molecule has 0 N–H and O–H groups in total. The van der Waals surface area contributed by atoms with Gasteiger partial charge < -0.3 is 18.8 Å². The monoisotopic (exact) mass is 465 g/mol. The Morgan fingerprint density at radius 1 is 1.09 bits per heavy atom. The highest BCUT2D eigenvalue weighted by atomic mass is 19.1. The molecule has 0 radical (unpaired) electrons. The molecule has 0 saturated carbocycles. The Morgan fingerprint density at radius 3 is 2.68 bits per heavy atom. The Morgan fingerprint density at radius 2 is 1.88 bits per heavy atom. The lowest BCUT2D eigenvalue weighted by molar-refractivity contribution is 0.0838. The number of piperidine rings is 1. The van der Waals surface area contributed by atoms with Gasteiger partial charge in [-0.05, 0) is 81.7 Å². The van der Waals surface area contributed by atoms with Crippen molar-refractivity contribution in [1.82, 2.24) is 4.90 Å². The molecule has 0 unspecified atom stereocenters. The molecule has 178 valence electrons. The number of ether oxygens (including phenoxy) is 2. The van der Waals surface area contributed by atoms with Crippen LogP contribution >= 0.6 is 0 Å². The van der Waals surface area contributed by atoms with Crippen LogP contribution in [0, 0.1) is 11.7 Å². The summed E-state index contributed by atoms with van der Waals surface area (Å²) >= 11 is 0. The van der Waals surface area contributed by atoms with E-state index in [1.807, 2.05) is 6.07 Å². The number of rotatable bonds is 8. The van der Waals surface area contributed by atoms with Gasteiger partial charge in [-0.2, -0.15) is 0 Å². The van der Waals surface area contributed by atoms with Crippen molar-refractivity contribution in [1.29, 1.82) is 0 Å². The van der Waals surface area contributed by atoms with Crippen LogP contribution in [0.4, 0.5) is 4.39 Å². The first-order valence-electron chi connectivity index (χ1n) is 12.0. The fourth-order valence-electron chi connectivity index (χ4n) is 4.84. The number of likely N-dealkylation sites (tertiary alicyclic amines) is 1. The van der Waals surface area contributed by atoms with Crippen LogP contribution in [0.1, 0.15) is 41.6 Å². The minimum absolute atomic E-state index is 0.00755. The lowest BCUT2D eigenvalue weighted by atomic mass is 9.89. The van der Waals surface area contributed by atoms with Gasteiger partial charge in [-0.3, -0.25) is 4.79 Å². The number of hydrogen-bond acceptors (Lipinski definition) is 6. The summed E-state index contributed by atoms with van der Waals surface area (Å²) in [7, 11) is 0. The first kappa shape index (κ1) is 22.6. The Kier molecular flexibility index (Phi) is 6.63. The SMILES string of the molecule is O=C(c1ccc(F)cc1)C1CCN(CCCCOc2c3c(cc4ccc(=O)oc24)CCO3)CC1. The highest BCUT2D eigenvalue weighted by Gasteiger charge is 2.26. The van der Waals surface area contributed by atoms with Crippen LogP contribution in [0.2, 0.25) is 0 Å². The van der Waals surface area contributed by atoms with E-state index in [0.717, 1.165) is 62.7 Å². The molecule has 0 spiro atoms. The largest absolute Gasteiger partial charge is 0.489 e. The number of ketones is 1. The van der Waals surface area contributed by atoms with Crippen molar-refractivity contribution in [3.8, 4) is 11.5 Å². The third-order valence-electron chi connectivity index (χ3n) is 6.72. The second-order valence-corrected chi connectivity index (χ2v) is 9.01. The van der Waals surface area contributed by atoms with Crippen LogP contribution in [-0.2, 0) is 6.42 Å². The number of Topliss-reactive ketones (excluding diaryl/α,β-unsaturated/α-hetero) is 1. The zero-order chi connectivity index (χ0) is 23.5. The molecule has 6 nitrogen and oxygen atoms in total. The summed E-state index contributed by atoms with van der Waals surface area (Å²) < 4.78 is 30.3. The second-order valence-electron chi connectivity index (χ2n) is 9.01. The molecule has 3 aromatic rings. The van der Waals surface area contributed by atoms with Crippen LogP contribution in [0.3, 0.4) is 0 Å². The molecule has 1 fully saturated rings. The average Bonchev–Trinajstić information content (AvgIpc) is 3.32. The molecule has 0 aliphatic carbocycles. The molecule has 7 heteroatoms. The maximum absolute atomic E-state index is 13.1. The minimum atomic E-state index is -0.406. The van der Waals surface area contributed by atoms with Gasteiger partial charge in [-0.15, -0.1) is 0 Å². The molecular weight excluding hydrogens is 437 g/mol. The van der Waals surface area contributed by atoms with Crippen LogP contribution < -0.4 is 15.1 Å². The van der Waals surface area contributed by atoms with Gasteiger partial charge in [0.1, 0.15) is 5.82 Å². The van der Waals surface area contributed by atoms with Crippen molar-refractivity contribution in [3.63, 3.8) is 0 Å². The average molecular weight is 466 g/mol. The first-order valence-corrected chi connectivity index (χ1v) is 12.0. The molecule has 1 saturated heterocycles. The molecule has 2 aliphatic rings. The molecule has 3 heterocycles. The first-order chi connectivity index (χ1) is 16.6. The van der Waals surface area contributed by atoms with Crippen molar-refractivity contribution in [3.05, 3.63) is 69.8 Å². The van der Waals surface area contributed by atoms with Crippen molar-refractivity contribution in [2.75, 3.05) is 32.8 Å². The summed E-state index contributed by atoms with van der Waals surface area (Å²) in [5.74, 6) is 1.02. The Labute approximate surface area is 197 Å². The normalized spacial score (nSPS) is 16.4. The van der Waals surface area contributed by atoms with Crippen LogP contribution in [0.15, 0.2) is 51.7 Å². The van der Waals surface area contributed by atoms with E-state index < -0.39 is 5.63 Å². The van der Waals surface area contributed by atoms with Gasteiger partial charge >= 0.3 is 5.63 Å². The maximum Gasteiger partial charge on any atom is 0.336 e. The summed E-state index contributed by atoms with van der Waals surface area (Å²) in [6.07, 6.45) is 4.29. The van der Waals surface area contributed by atoms with Gasteiger partial charge in [-0.1, -0.05) is 0 Å². The number of unbranched alkanes of at least 4 members (excludes halogenated alkanes) is 1. The molecule has 2 aromatic carbocycles. The number of fused-ring (bicyclic) bond motifs is 2. The van der Waals surface area contributed by atoms with Crippen LogP contribution in [0.25, 0.3) is 11.0 Å². The molecular formula is C27H28FNO5. The molecule has 0 atom stereocenters. The number of carbonyl (C=O) groups is 1. The standard InChI is InChI=1S/C27H28FNO5/c28-22-6-3-18(4-7-22)24(31)19-9-13-29(14-10-19)12-1-2-15-32-27-25-21(11-16-33-25)17-20-5-8-23(30)34-26(20)27/h3-8,17,19H,1-2,9-16H2. The predicted molar refractivity (Wildman–Crippen MR) is 126 cm³/mol. The zero-order valence-electron chi connectivity index (χ0n) is 19.1. The van der Waals surface area contributed by atoms with Crippen molar-refractivity contribution in [2.45, 2.75) is 32.1 Å². The summed E-state index contributed by atoms with van der Waals surface area (Å²) in [4.78, 5) is 26.8. The third kappa shape index (κ3) is 4.85. The van der Waals surface area contributed by atoms with E-state index in [0.29, 0.717) is 35.9 Å². The van der Waals surface area contributed by atoms with Gasteiger partial charge in [0.15, 0.2) is 17.1 Å². The lowest BCUT2D eigenvalue weighted by Crippen LogP contribution is -2.37. The van der Waals surface area contributed by atoms with Gasteiger partial charge in [0.05, 0.1) is 13.2 Å². The topological polar surface area (TPSA) is 69.0 Å². The van der Waals surface area contributed by atoms with E-state index in [1.165, 1.54) is 18.2 Å². The van der Waals surface area contributed by atoms with E-state index in [-0.39, 0.29) is 17.5 Å². The summed E-state index contributed by atoms with van der Waals surface area (Å²) in [6, 6.07) is 11.0. The van der Waals surface area contributed by atoms with E-state index in [1.54, 1.807) is 18.2 Å². The van der Waals surface area contributed by atoms with Gasteiger partial charge in [0, 0.05) is 34.9 Å². The molecule has 5 rings (SSSR count). The molecule has 1 aromatic heterocycles. The van der Waals surface area contributed by atoms with Crippen molar-refractivity contribution in [2.24, 2.45) is 5.92 Å². The number of halogens is 1. The molecule has 2 aliphatic heterocycles. The fraction of sp³-hybridized carbons (Fsp3) is 0.407. The second kappa shape index (κ2) is 9.97. The predicted octanol–water partition coefficient (Wildman–Crippen LogP) is 4.62. The van der Waals surface area contributed by atoms with Crippen molar-refractivity contribution < 1.29 is 23.1 Å². The van der Waals surface area contributed by atoms with Gasteiger partial charge in [0.2, 0.25) is 5.75 Å². The van der Waals surface area contributed by atoms with Gasteiger partial charge in [0.25, 0.3) is 0 Å². The Hall–Kier alpha value is -3.19. The Bertz CT molecular complexity index is 1230. The number of hydrogen-bond donors (Lipinski definition) is 0. The summed E-state index contributed by atoms with van der Waals surface area (Å²) in [5, 5.41) is 0.844. The highest BCUT2D eigenvalue weighted by Crippen LogP contribution is 2.41. The molecule has 0 amide bonds. The van der Waals surface area contributed by atoms with E-state index in [4.69, 9.17) is 13.9 Å². The number of benzene rings is 2. The highest BCUT2D eigenvalue weighted by molar-refractivity contribution is 5.97. The summed E-state index contributed by atoms with van der Waals surface area (Å²) in [5.41, 5.74) is 1.71. The van der Waals surface area contributed by atoms with E-state index in [2.05, 4.69) is 4.90 Å². The lowest BCUT2D eigenvalue weighted by Gasteiger charge is -2.31.